The van der Waals surface area contributed by atoms with Crippen molar-refractivity contribution in [3.63, 3.8) is 0 Å². The van der Waals surface area contributed by atoms with Gasteiger partial charge in [0.25, 0.3) is 0 Å². The summed E-state index contributed by atoms with van der Waals surface area (Å²) in [5.74, 6) is 0.803. The number of benzene rings is 1. The van der Waals surface area contributed by atoms with Crippen molar-refractivity contribution in [3.05, 3.63) is 29.8 Å². The van der Waals surface area contributed by atoms with Gasteiger partial charge in [-0.3, -0.25) is 0 Å². The van der Waals surface area contributed by atoms with Crippen LogP contribution in [0.25, 0.3) is 0 Å². The first-order valence-electron chi connectivity index (χ1n) is 5.62. The molecule has 1 N–H and O–H groups in total. The van der Waals surface area contributed by atoms with Crippen molar-refractivity contribution in [1.29, 1.82) is 0 Å². The lowest BCUT2D eigenvalue weighted by atomic mass is 10.1. The molecule has 0 spiro atoms. The van der Waals surface area contributed by atoms with Crippen molar-refractivity contribution >= 4 is 0 Å². The number of aliphatic hydroxyl groups is 1. The van der Waals surface area contributed by atoms with Crippen LogP contribution in [0.5, 0.6) is 5.75 Å². The van der Waals surface area contributed by atoms with Crippen LogP contribution < -0.4 is 4.74 Å². The predicted octanol–water partition coefficient (Wildman–Crippen LogP) is 2.54. The van der Waals surface area contributed by atoms with E-state index in [0.717, 1.165) is 11.3 Å². The molecule has 90 valence electrons. The Morgan fingerprint density at radius 3 is 2.19 bits per heavy atom. The Kier molecular flexibility index (Phi) is 5.29. The lowest BCUT2D eigenvalue weighted by molar-refractivity contribution is 0.0552. The van der Waals surface area contributed by atoms with Crippen LogP contribution >= 0.6 is 0 Å². The summed E-state index contributed by atoms with van der Waals surface area (Å²) >= 11 is 0. The van der Waals surface area contributed by atoms with E-state index in [4.69, 9.17) is 9.47 Å². The van der Waals surface area contributed by atoms with Gasteiger partial charge in [-0.15, -0.1) is 0 Å². The molecule has 3 heteroatoms. The van der Waals surface area contributed by atoms with Gasteiger partial charge in [-0.1, -0.05) is 12.1 Å². The Bertz CT molecular complexity index is 291. The highest BCUT2D eigenvalue weighted by Crippen LogP contribution is 2.17. The molecule has 0 aliphatic heterocycles. The molecule has 16 heavy (non-hydrogen) atoms. The van der Waals surface area contributed by atoms with Gasteiger partial charge in [0, 0.05) is 0 Å². The van der Waals surface area contributed by atoms with E-state index < -0.39 is 6.10 Å². The average Bonchev–Trinajstić information content (AvgIpc) is 2.25. The molecule has 1 atom stereocenters. The van der Waals surface area contributed by atoms with E-state index >= 15 is 0 Å². The van der Waals surface area contributed by atoms with Crippen LogP contribution in [-0.2, 0) is 4.74 Å². The second-order valence-electron chi connectivity index (χ2n) is 4.01. The number of rotatable bonds is 6. The molecule has 0 radical (unpaired) electrons. The van der Waals surface area contributed by atoms with Crippen LogP contribution in [-0.4, -0.2) is 24.4 Å². The summed E-state index contributed by atoms with van der Waals surface area (Å²) in [5.41, 5.74) is 0.894. The first-order valence-corrected chi connectivity index (χ1v) is 5.62. The third-order valence-corrected chi connectivity index (χ3v) is 2.17. The zero-order chi connectivity index (χ0) is 12.0. The standard InChI is InChI=1S/C13H20O3/c1-10(2)15-8-9-16-13-6-4-12(5-7-13)11(3)14/h4-7,10-11,14H,8-9H2,1-3H3/t11-/m0/s1. The normalized spacial score (nSPS) is 12.8. The topological polar surface area (TPSA) is 38.7 Å². The molecule has 0 amide bonds. The third-order valence-electron chi connectivity index (χ3n) is 2.17. The van der Waals surface area contributed by atoms with Gasteiger partial charge in [0.1, 0.15) is 12.4 Å². The van der Waals surface area contributed by atoms with Crippen molar-refractivity contribution < 1.29 is 14.6 Å². The van der Waals surface area contributed by atoms with Gasteiger partial charge in [0.2, 0.25) is 0 Å². The van der Waals surface area contributed by atoms with E-state index in [1.165, 1.54) is 0 Å². The second-order valence-corrected chi connectivity index (χ2v) is 4.01. The van der Waals surface area contributed by atoms with Gasteiger partial charge in [0.15, 0.2) is 0 Å². The first-order chi connectivity index (χ1) is 7.59. The van der Waals surface area contributed by atoms with E-state index in [1.54, 1.807) is 6.92 Å². The fraction of sp³-hybridized carbons (Fsp3) is 0.538. The molecule has 0 bridgehead atoms. The van der Waals surface area contributed by atoms with Crippen molar-refractivity contribution in [3.8, 4) is 5.75 Å². The molecule has 1 rings (SSSR count). The van der Waals surface area contributed by atoms with E-state index in [2.05, 4.69) is 0 Å². The second kappa shape index (κ2) is 6.51. The molecule has 0 heterocycles. The Morgan fingerprint density at radius 1 is 1.06 bits per heavy atom. The van der Waals surface area contributed by atoms with Crippen molar-refractivity contribution in [2.45, 2.75) is 33.0 Å². The molecular weight excluding hydrogens is 204 g/mol. The summed E-state index contributed by atoms with van der Waals surface area (Å²) in [4.78, 5) is 0. The van der Waals surface area contributed by atoms with E-state index in [1.807, 2.05) is 38.1 Å². The van der Waals surface area contributed by atoms with Gasteiger partial charge < -0.3 is 14.6 Å². The largest absolute Gasteiger partial charge is 0.491 e. The fourth-order valence-electron chi connectivity index (χ4n) is 1.29. The minimum Gasteiger partial charge on any atom is -0.491 e. The van der Waals surface area contributed by atoms with Crippen LogP contribution in [0.3, 0.4) is 0 Å². The molecule has 0 saturated carbocycles. The van der Waals surface area contributed by atoms with Crippen molar-refractivity contribution in [2.24, 2.45) is 0 Å². The maximum atomic E-state index is 9.33. The molecule has 0 aromatic heterocycles. The monoisotopic (exact) mass is 224 g/mol. The Hall–Kier alpha value is -1.06. The van der Waals surface area contributed by atoms with Gasteiger partial charge in [-0.2, -0.15) is 0 Å². The summed E-state index contributed by atoms with van der Waals surface area (Å²) in [5, 5.41) is 9.33. The number of aliphatic hydroxyl groups excluding tert-OH is 1. The van der Waals surface area contributed by atoms with Crippen molar-refractivity contribution in [1.82, 2.24) is 0 Å². The van der Waals surface area contributed by atoms with E-state index in [9.17, 15) is 5.11 Å². The van der Waals surface area contributed by atoms with Crippen LogP contribution in [0.15, 0.2) is 24.3 Å². The molecule has 3 nitrogen and oxygen atoms in total. The molecule has 0 fully saturated rings. The lowest BCUT2D eigenvalue weighted by Crippen LogP contribution is -2.11. The highest BCUT2D eigenvalue weighted by Gasteiger charge is 2.00. The Labute approximate surface area is 97.0 Å². The molecule has 0 saturated heterocycles. The highest BCUT2D eigenvalue weighted by atomic mass is 16.5. The molecule has 0 aliphatic rings. The Morgan fingerprint density at radius 2 is 1.69 bits per heavy atom. The van der Waals surface area contributed by atoms with Crippen molar-refractivity contribution in [2.75, 3.05) is 13.2 Å². The molecule has 0 aliphatic carbocycles. The minimum absolute atomic E-state index is 0.237. The highest BCUT2D eigenvalue weighted by molar-refractivity contribution is 5.28. The van der Waals surface area contributed by atoms with Gasteiger partial charge >= 0.3 is 0 Å². The van der Waals surface area contributed by atoms with Crippen LogP contribution in [0.2, 0.25) is 0 Å². The predicted molar refractivity (Wildman–Crippen MR) is 63.7 cm³/mol. The minimum atomic E-state index is -0.432. The lowest BCUT2D eigenvalue weighted by Gasteiger charge is -2.10. The maximum absolute atomic E-state index is 9.33. The molecule has 0 unspecified atom stereocenters. The Balaban J connectivity index is 2.32. The zero-order valence-corrected chi connectivity index (χ0v) is 10.1. The van der Waals surface area contributed by atoms with Gasteiger partial charge in [0.05, 0.1) is 18.8 Å². The molecular formula is C13H20O3. The quantitative estimate of drug-likeness (QED) is 0.755. The number of ether oxygens (including phenoxy) is 2. The SMILES string of the molecule is CC(C)OCCOc1ccc([C@H](C)O)cc1. The van der Waals surface area contributed by atoms with E-state index in [0.29, 0.717) is 13.2 Å². The molecule has 1 aromatic rings. The van der Waals surface area contributed by atoms with Gasteiger partial charge in [-0.25, -0.2) is 0 Å². The maximum Gasteiger partial charge on any atom is 0.119 e. The van der Waals surface area contributed by atoms with Crippen LogP contribution in [0.1, 0.15) is 32.4 Å². The third kappa shape index (κ3) is 4.64. The summed E-state index contributed by atoms with van der Waals surface area (Å²) in [6, 6.07) is 7.45. The summed E-state index contributed by atoms with van der Waals surface area (Å²) in [6.45, 7) is 6.88. The summed E-state index contributed by atoms with van der Waals surface area (Å²) in [7, 11) is 0. The average molecular weight is 224 g/mol. The first kappa shape index (κ1) is 13.0. The van der Waals surface area contributed by atoms with Crippen LogP contribution in [0, 0.1) is 0 Å². The molecule has 1 aromatic carbocycles. The van der Waals surface area contributed by atoms with Gasteiger partial charge in [-0.05, 0) is 38.5 Å². The fourth-order valence-corrected chi connectivity index (χ4v) is 1.29. The number of hydrogen-bond acceptors (Lipinski definition) is 3. The summed E-state index contributed by atoms with van der Waals surface area (Å²) in [6.07, 6.45) is -0.195. The zero-order valence-electron chi connectivity index (χ0n) is 10.1. The van der Waals surface area contributed by atoms with Crippen LogP contribution in [0.4, 0.5) is 0 Å². The summed E-state index contributed by atoms with van der Waals surface area (Å²) < 4.78 is 10.8. The number of hydrogen-bond donors (Lipinski definition) is 1. The smallest absolute Gasteiger partial charge is 0.119 e. The van der Waals surface area contributed by atoms with E-state index in [-0.39, 0.29) is 6.10 Å².